The second-order valence-electron chi connectivity index (χ2n) is 4.04. The van der Waals surface area contributed by atoms with Crippen molar-refractivity contribution in [1.82, 2.24) is 4.90 Å². The first-order chi connectivity index (χ1) is 8.24. The first-order valence-electron chi connectivity index (χ1n) is 6.31. The number of rotatable bonds is 6. The van der Waals surface area contributed by atoms with E-state index in [1.807, 2.05) is 36.1 Å². The molecule has 0 atom stereocenters. The van der Waals surface area contributed by atoms with Gasteiger partial charge < -0.3 is 10.6 Å². The third-order valence-corrected chi connectivity index (χ3v) is 2.93. The van der Waals surface area contributed by atoms with E-state index in [2.05, 4.69) is 6.92 Å². The van der Waals surface area contributed by atoms with Gasteiger partial charge in [-0.2, -0.15) is 0 Å². The van der Waals surface area contributed by atoms with Gasteiger partial charge in [-0.3, -0.25) is 4.79 Å². The third kappa shape index (κ3) is 3.56. The van der Waals surface area contributed by atoms with E-state index in [0.29, 0.717) is 6.54 Å². The number of benzene rings is 1. The van der Waals surface area contributed by atoms with Crippen molar-refractivity contribution >= 4 is 5.91 Å². The average molecular weight is 234 g/mol. The molecule has 3 heteroatoms. The van der Waals surface area contributed by atoms with E-state index < -0.39 is 0 Å². The van der Waals surface area contributed by atoms with E-state index in [1.54, 1.807) is 0 Å². The molecular formula is C14H22N2O. The van der Waals surface area contributed by atoms with Crippen LogP contribution in [-0.2, 0) is 6.42 Å². The molecule has 17 heavy (non-hydrogen) atoms. The first kappa shape index (κ1) is 13.7. The topological polar surface area (TPSA) is 46.3 Å². The zero-order chi connectivity index (χ0) is 12.7. The fourth-order valence-electron chi connectivity index (χ4n) is 1.89. The number of carbonyl (C=O) groups excluding carboxylic acids is 1. The van der Waals surface area contributed by atoms with Crippen molar-refractivity contribution in [3.63, 3.8) is 0 Å². The molecule has 0 radical (unpaired) electrons. The highest BCUT2D eigenvalue weighted by Crippen LogP contribution is 2.12. The average Bonchev–Trinajstić information content (AvgIpc) is 2.39. The normalized spacial score (nSPS) is 10.3. The maximum absolute atomic E-state index is 12.3. The van der Waals surface area contributed by atoms with Gasteiger partial charge in [0.1, 0.15) is 0 Å². The van der Waals surface area contributed by atoms with E-state index in [4.69, 9.17) is 5.73 Å². The lowest BCUT2D eigenvalue weighted by Crippen LogP contribution is -2.33. The predicted octanol–water partition coefficient (Wildman–Crippen LogP) is 2.06. The van der Waals surface area contributed by atoms with Gasteiger partial charge in [0.25, 0.3) is 5.91 Å². The molecule has 0 aliphatic heterocycles. The molecule has 2 N–H and O–H groups in total. The number of nitrogens with two attached hydrogens (primary N) is 1. The molecule has 0 heterocycles. The van der Waals surface area contributed by atoms with E-state index in [1.165, 1.54) is 0 Å². The van der Waals surface area contributed by atoms with Gasteiger partial charge in [-0.1, -0.05) is 25.1 Å². The SMILES string of the molecule is CCc1ccccc1C(=O)N(CC)CCCN. The summed E-state index contributed by atoms with van der Waals surface area (Å²) in [5, 5.41) is 0. The molecule has 0 aliphatic rings. The van der Waals surface area contributed by atoms with Crippen molar-refractivity contribution in [3.8, 4) is 0 Å². The number of nitrogens with zero attached hydrogens (tertiary/aromatic N) is 1. The second kappa shape index (κ2) is 7.07. The maximum Gasteiger partial charge on any atom is 0.254 e. The number of carbonyl (C=O) groups is 1. The van der Waals surface area contributed by atoms with Gasteiger partial charge in [-0.05, 0) is 37.9 Å². The van der Waals surface area contributed by atoms with Gasteiger partial charge in [-0.15, -0.1) is 0 Å². The molecular weight excluding hydrogens is 212 g/mol. The Kier molecular flexibility index (Phi) is 5.70. The van der Waals surface area contributed by atoms with Crippen molar-refractivity contribution < 1.29 is 4.79 Å². The summed E-state index contributed by atoms with van der Waals surface area (Å²) in [6.45, 7) is 6.17. The largest absolute Gasteiger partial charge is 0.339 e. The summed E-state index contributed by atoms with van der Waals surface area (Å²) in [4.78, 5) is 14.2. The fraction of sp³-hybridized carbons (Fsp3) is 0.500. The van der Waals surface area contributed by atoms with E-state index in [0.717, 1.165) is 37.1 Å². The number of hydrogen-bond donors (Lipinski definition) is 1. The lowest BCUT2D eigenvalue weighted by molar-refractivity contribution is 0.0762. The summed E-state index contributed by atoms with van der Waals surface area (Å²) in [5.74, 6) is 0.124. The van der Waals surface area contributed by atoms with E-state index in [-0.39, 0.29) is 5.91 Å². The zero-order valence-corrected chi connectivity index (χ0v) is 10.8. The monoisotopic (exact) mass is 234 g/mol. The summed E-state index contributed by atoms with van der Waals surface area (Å²) < 4.78 is 0. The van der Waals surface area contributed by atoms with Crippen LogP contribution in [0.5, 0.6) is 0 Å². The molecule has 0 saturated heterocycles. The Morgan fingerprint density at radius 2 is 2.00 bits per heavy atom. The Morgan fingerprint density at radius 3 is 2.59 bits per heavy atom. The molecule has 1 amide bonds. The molecule has 0 aliphatic carbocycles. The van der Waals surface area contributed by atoms with Gasteiger partial charge in [0.2, 0.25) is 0 Å². The van der Waals surface area contributed by atoms with Crippen molar-refractivity contribution in [3.05, 3.63) is 35.4 Å². The Morgan fingerprint density at radius 1 is 1.29 bits per heavy atom. The predicted molar refractivity (Wildman–Crippen MR) is 71.1 cm³/mol. The van der Waals surface area contributed by atoms with Crippen LogP contribution in [0.1, 0.15) is 36.2 Å². The minimum Gasteiger partial charge on any atom is -0.339 e. The highest BCUT2D eigenvalue weighted by Gasteiger charge is 2.15. The second-order valence-corrected chi connectivity index (χ2v) is 4.04. The number of hydrogen-bond acceptors (Lipinski definition) is 2. The van der Waals surface area contributed by atoms with Crippen LogP contribution in [0.2, 0.25) is 0 Å². The molecule has 94 valence electrons. The smallest absolute Gasteiger partial charge is 0.254 e. The van der Waals surface area contributed by atoms with E-state index in [9.17, 15) is 4.79 Å². The first-order valence-corrected chi connectivity index (χ1v) is 6.31. The lowest BCUT2D eigenvalue weighted by Gasteiger charge is -2.21. The molecule has 0 unspecified atom stereocenters. The minimum absolute atomic E-state index is 0.124. The highest BCUT2D eigenvalue weighted by molar-refractivity contribution is 5.95. The van der Waals surface area contributed by atoms with Crippen molar-refractivity contribution in [2.24, 2.45) is 5.73 Å². The summed E-state index contributed by atoms with van der Waals surface area (Å²) in [5.41, 5.74) is 7.43. The molecule has 1 aromatic carbocycles. The molecule has 0 aromatic heterocycles. The minimum atomic E-state index is 0.124. The quantitative estimate of drug-likeness (QED) is 0.819. The Balaban J connectivity index is 2.85. The van der Waals surface area contributed by atoms with Gasteiger partial charge >= 0.3 is 0 Å². The van der Waals surface area contributed by atoms with Gasteiger partial charge in [-0.25, -0.2) is 0 Å². The molecule has 0 saturated carbocycles. The number of amides is 1. The van der Waals surface area contributed by atoms with Gasteiger partial charge in [0.05, 0.1) is 0 Å². The molecule has 0 spiro atoms. The van der Waals surface area contributed by atoms with Crippen LogP contribution in [0.15, 0.2) is 24.3 Å². The van der Waals surface area contributed by atoms with Crippen molar-refractivity contribution in [2.75, 3.05) is 19.6 Å². The molecule has 1 rings (SSSR count). The van der Waals surface area contributed by atoms with Crippen LogP contribution in [0.3, 0.4) is 0 Å². The fourth-order valence-corrected chi connectivity index (χ4v) is 1.89. The van der Waals surface area contributed by atoms with Crippen LogP contribution in [0, 0.1) is 0 Å². The number of aryl methyl sites for hydroxylation is 1. The molecule has 0 fully saturated rings. The summed E-state index contributed by atoms with van der Waals surface area (Å²) in [6.07, 6.45) is 1.74. The molecule has 3 nitrogen and oxygen atoms in total. The summed E-state index contributed by atoms with van der Waals surface area (Å²) in [7, 11) is 0. The van der Waals surface area contributed by atoms with Gasteiger partial charge in [0.15, 0.2) is 0 Å². The summed E-state index contributed by atoms with van der Waals surface area (Å²) in [6, 6.07) is 7.82. The van der Waals surface area contributed by atoms with Crippen molar-refractivity contribution in [1.29, 1.82) is 0 Å². The maximum atomic E-state index is 12.3. The van der Waals surface area contributed by atoms with E-state index >= 15 is 0 Å². The van der Waals surface area contributed by atoms with Gasteiger partial charge in [0, 0.05) is 18.7 Å². The molecule has 1 aromatic rings. The van der Waals surface area contributed by atoms with Crippen LogP contribution in [0.25, 0.3) is 0 Å². The van der Waals surface area contributed by atoms with Crippen LogP contribution < -0.4 is 5.73 Å². The Bertz CT molecular complexity index is 363. The Labute approximate surface area is 104 Å². The van der Waals surface area contributed by atoms with Crippen molar-refractivity contribution in [2.45, 2.75) is 26.7 Å². The summed E-state index contributed by atoms with van der Waals surface area (Å²) >= 11 is 0. The zero-order valence-electron chi connectivity index (χ0n) is 10.8. The Hall–Kier alpha value is -1.35. The van der Waals surface area contributed by atoms with Crippen LogP contribution >= 0.6 is 0 Å². The highest BCUT2D eigenvalue weighted by atomic mass is 16.2. The van der Waals surface area contributed by atoms with Crippen LogP contribution in [0.4, 0.5) is 0 Å². The standard InChI is InChI=1S/C14H22N2O/c1-3-12-8-5-6-9-13(12)14(17)16(4-2)11-7-10-15/h5-6,8-9H,3-4,7,10-11,15H2,1-2H3. The third-order valence-electron chi connectivity index (χ3n) is 2.93. The lowest BCUT2D eigenvalue weighted by atomic mass is 10.0. The molecule has 0 bridgehead atoms. The van der Waals surface area contributed by atoms with Crippen LogP contribution in [-0.4, -0.2) is 30.4 Å².